The Labute approximate surface area is 162 Å². The molecule has 148 valence electrons. The third-order valence-electron chi connectivity index (χ3n) is 4.08. The minimum Gasteiger partial charge on any atom is -0.423 e. The third-order valence-corrected chi connectivity index (χ3v) is 4.08. The van der Waals surface area contributed by atoms with Crippen molar-refractivity contribution in [2.75, 3.05) is 16.4 Å². The van der Waals surface area contributed by atoms with Crippen LogP contribution in [0.4, 0.5) is 32.1 Å². The number of fused-ring (bicyclic) bond motifs is 1. The highest BCUT2D eigenvalue weighted by atomic mass is 19.3. The fourth-order valence-electron chi connectivity index (χ4n) is 2.73. The van der Waals surface area contributed by atoms with Crippen LogP contribution in [0.2, 0.25) is 0 Å². The van der Waals surface area contributed by atoms with Gasteiger partial charge in [0.1, 0.15) is 0 Å². The maximum Gasteiger partial charge on any atom is 0.482 e. The number of hydrogen-bond donors (Lipinski definition) is 3. The first-order valence-electron chi connectivity index (χ1n) is 8.36. The van der Waals surface area contributed by atoms with E-state index in [-0.39, 0.29) is 23.3 Å². The van der Waals surface area contributed by atoms with Crippen molar-refractivity contribution < 1.29 is 23.1 Å². The summed E-state index contributed by atoms with van der Waals surface area (Å²) in [6, 6.07) is 10.9. The van der Waals surface area contributed by atoms with Gasteiger partial charge in [-0.2, -0.15) is 18.4 Å². The van der Waals surface area contributed by atoms with Crippen molar-refractivity contribution in [2.45, 2.75) is 13.0 Å². The van der Waals surface area contributed by atoms with Crippen LogP contribution in [0, 0.1) is 6.92 Å². The van der Waals surface area contributed by atoms with Gasteiger partial charge in [-0.15, -0.1) is 5.10 Å². The van der Waals surface area contributed by atoms with E-state index in [2.05, 4.69) is 25.5 Å². The number of nitrogens with two attached hydrogens (primary N) is 1. The van der Waals surface area contributed by atoms with Crippen molar-refractivity contribution in [3.05, 3.63) is 53.6 Å². The van der Waals surface area contributed by atoms with Crippen LogP contribution in [-0.2, 0) is 4.79 Å². The van der Waals surface area contributed by atoms with Crippen molar-refractivity contribution >= 4 is 35.1 Å². The average molecular weight is 400 g/mol. The first-order valence-corrected chi connectivity index (χ1v) is 8.36. The van der Waals surface area contributed by atoms with Crippen LogP contribution in [0.15, 0.2) is 42.5 Å². The summed E-state index contributed by atoms with van der Waals surface area (Å²) in [6.45, 7) is 1.85. The lowest BCUT2D eigenvalue weighted by atomic mass is 10.1. The molecule has 0 saturated carbocycles. The lowest BCUT2D eigenvalue weighted by Crippen LogP contribution is -2.43. The number of nitrogens with zero attached hydrogens (tertiary/aromatic N) is 3. The zero-order valence-corrected chi connectivity index (χ0v) is 14.9. The molecule has 1 aliphatic heterocycles. The van der Waals surface area contributed by atoms with E-state index in [9.17, 15) is 18.4 Å². The van der Waals surface area contributed by atoms with Crippen LogP contribution >= 0.6 is 0 Å². The lowest BCUT2D eigenvalue weighted by molar-refractivity contribution is -0.189. The molecule has 2 heterocycles. The van der Waals surface area contributed by atoms with E-state index in [0.717, 1.165) is 10.2 Å². The third kappa shape index (κ3) is 3.45. The van der Waals surface area contributed by atoms with Gasteiger partial charge in [0, 0.05) is 11.3 Å². The number of alkyl halides is 2. The number of hydrogen-bond acceptors (Lipinski definition) is 7. The number of benzene rings is 2. The predicted octanol–water partition coefficient (Wildman–Crippen LogP) is 2.52. The van der Waals surface area contributed by atoms with Gasteiger partial charge in [-0.1, -0.05) is 17.7 Å². The van der Waals surface area contributed by atoms with Crippen LogP contribution in [-0.4, -0.2) is 32.7 Å². The minimum atomic E-state index is -3.94. The first kappa shape index (κ1) is 18.3. The maximum absolute atomic E-state index is 13.3. The number of nitrogen functional groups attached to an aromatic ring is 1. The van der Waals surface area contributed by atoms with E-state index in [1.165, 1.54) is 18.2 Å². The second kappa shape index (κ2) is 6.55. The van der Waals surface area contributed by atoms with Gasteiger partial charge in [0.05, 0.1) is 5.69 Å². The van der Waals surface area contributed by atoms with Gasteiger partial charge in [0.25, 0.3) is 5.91 Å². The number of halogens is 2. The second-order valence-electron chi connectivity index (χ2n) is 6.29. The summed E-state index contributed by atoms with van der Waals surface area (Å²) in [6.07, 6.45) is -3.94. The second-order valence-corrected chi connectivity index (χ2v) is 6.29. The van der Waals surface area contributed by atoms with E-state index in [0.29, 0.717) is 11.3 Å². The molecule has 0 aliphatic carbocycles. The molecule has 0 spiro atoms. The number of carbonyl (C=O) groups is 2. The van der Waals surface area contributed by atoms with Crippen molar-refractivity contribution in [3.63, 3.8) is 0 Å². The first-order chi connectivity index (χ1) is 13.7. The molecule has 1 amide bonds. The van der Waals surface area contributed by atoms with Crippen LogP contribution in [0.1, 0.15) is 15.9 Å². The number of anilines is 4. The molecule has 9 nitrogen and oxygen atoms in total. The fourth-order valence-corrected chi connectivity index (χ4v) is 2.73. The summed E-state index contributed by atoms with van der Waals surface area (Å²) in [5.41, 5.74) is 7.50. The van der Waals surface area contributed by atoms with Gasteiger partial charge < -0.3 is 21.1 Å². The van der Waals surface area contributed by atoms with Crippen LogP contribution in [0.25, 0.3) is 0 Å². The zero-order chi connectivity index (χ0) is 20.8. The Morgan fingerprint density at radius 2 is 2.07 bits per heavy atom. The van der Waals surface area contributed by atoms with E-state index in [1.807, 2.05) is 13.0 Å². The van der Waals surface area contributed by atoms with E-state index >= 15 is 0 Å². The molecule has 2 aromatic carbocycles. The van der Waals surface area contributed by atoms with Crippen molar-refractivity contribution in [1.29, 1.82) is 0 Å². The highest BCUT2D eigenvalue weighted by Gasteiger charge is 2.46. The Balaban J connectivity index is 1.57. The molecule has 29 heavy (non-hydrogen) atoms. The average Bonchev–Trinajstić information content (AvgIpc) is 3.02. The molecule has 1 aliphatic rings. The molecule has 0 saturated heterocycles. The largest absolute Gasteiger partial charge is 0.482 e. The molecule has 1 aromatic heterocycles. The van der Waals surface area contributed by atoms with Gasteiger partial charge in [-0.05, 0) is 37.3 Å². The van der Waals surface area contributed by atoms with Gasteiger partial charge in [-0.25, -0.2) is 0 Å². The Hall–Kier alpha value is -4.02. The van der Waals surface area contributed by atoms with Crippen LogP contribution in [0.5, 0.6) is 5.75 Å². The normalized spacial score (nSPS) is 14.5. The summed E-state index contributed by atoms with van der Waals surface area (Å²) in [5, 5.41) is 8.90. The van der Waals surface area contributed by atoms with Crippen molar-refractivity contribution in [2.24, 2.45) is 0 Å². The molecule has 0 unspecified atom stereocenters. The number of nitrogens with one attached hydrogen (secondary N) is 2. The summed E-state index contributed by atoms with van der Waals surface area (Å²) in [4.78, 5) is 27.9. The highest BCUT2D eigenvalue weighted by Crippen LogP contribution is 2.37. The number of aryl methyl sites for hydroxylation is 1. The summed E-state index contributed by atoms with van der Waals surface area (Å²) in [7, 11) is 0. The molecule has 4 rings (SSSR count). The molecule has 11 heteroatoms. The van der Waals surface area contributed by atoms with Gasteiger partial charge in [0.2, 0.25) is 11.9 Å². The molecule has 0 atom stereocenters. The van der Waals surface area contributed by atoms with E-state index < -0.39 is 17.9 Å². The molecule has 4 N–H and O–H groups in total. The molecule has 0 bridgehead atoms. The Kier molecular flexibility index (Phi) is 4.14. The van der Waals surface area contributed by atoms with Gasteiger partial charge in [0.15, 0.2) is 5.75 Å². The molecule has 0 radical (unpaired) electrons. The van der Waals surface area contributed by atoms with Crippen molar-refractivity contribution in [1.82, 2.24) is 14.8 Å². The lowest BCUT2D eigenvalue weighted by Gasteiger charge is -2.24. The van der Waals surface area contributed by atoms with E-state index in [4.69, 9.17) is 5.73 Å². The monoisotopic (exact) mass is 400 g/mol. The Morgan fingerprint density at radius 1 is 1.28 bits per heavy atom. The number of rotatable bonds is 3. The Morgan fingerprint density at radius 3 is 2.83 bits per heavy atom. The van der Waals surface area contributed by atoms with Gasteiger partial charge in [-0.3, -0.25) is 9.59 Å². The number of aromatic nitrogens is 3. The van der Waals surface area contributed by atoms with Crippen molar-refractivity contribution in [3.8, 4) is 5.75 Å². The highest BCUT2D eigenvalue weighted by molar-refractivity contribution is 5.99. The minimum absolute atomic E-state index is 0.0110. The quantitative estimate of drug-likeness (QED) is 0.617. The standard InChI is InChI=1S/C18H14F2N6O3/c1-9-3-2-4-10(7-9)14(27)26-16(21)24-17(25-26)22-11-5-6-13-12(8-11)23-15(28)18(19,20)29-13/h2-8H,1H3,(H,23,28)(H3,21,22,24,25). The maximum atomic E-state index is 13.3. The SMILES string of the molecule is Cc1cccc(C(=O)n2nc(Nc3ccc4c(c3)NC(=O)C(F)(F)O4)nc2N)c1. The molecule has 0 fully saturated rings. The number of ether oxygens (including phenoxy) is 1. The topological polar surface area (TPSA) is 124 Å². The predicted molar refractivity (Wildman–Crippen MR) is 99.3 cm³/mol. The molecular weight excluding hydrogens is 386 g/mol. The summed E-state index contributed by atoms with van der Waals surface area (Å²) < 4.78 is 31.9. The van der Waals surface area contributed by atoms with Crippen LogP contribution < -0.4 is 21.1 Å². The fraction of sp³-hybridized carbons (Fsp3) is 0.111. The number of amides is 1. The zero-order valence-electron chi connectivity index (χ0n) is 14.9. The van der Waals surface area contributed by atoms with Crippen LogP contribution in [0.3, 0.4) is 0 Å². The number of carbonyl (C=O) groups excluding carboxylic acids is 2. The van der Waals surface area contributed by atoms with Gasteiger partial charge >= 0.3 is 12.0 Å². The summed E-state index contributed by atoms with van der Waals surface area (Å²) in [5.74, 6) is -2.34. The molecular formula is C18H14F2N6O3. The molecule has 3 aromatic rings. The summed E-state index contributed by atoms with van der Waals surface area (Å²) >= 11 is 0. The van der Waals surface area contributed by atoms with E-state index in [1.54, 1.807) is 18.2 Å². The smallest absolute Gasteiger partial charge is 0.423 e. The Bertz CT molecular complexity index is 1140.